The molecule has 2 aromatic rings. The van der Waals surface area contributed by atoms with E-state index in [1.165, 1.54) is 11.9 Å². The SMILES string of the molecule is Nc1cn[nH]c1C(=O)NC1CCN(c2ccccc2)C1. The van der Waals surface area contributed by atoms with Crippen LogP contribution < -0.4 is 16.0 Å². The van der Waals surface area contributed by atoms with Crippen LogP contribution in [0.5, 0.6) is 0 Å². The van der Waals surface area contributed by atoms with Crippen molar-refractivity contribution in [3.05, 3.63) is 42.2 Å². The van der Waals surface area contributed by atoms with Gasteiger partial charge in [-0.25, -0.2) is 0 Å². The molecule has 0 spiro atoms. The Balaban J connectivity index is 1.61. The molecule has 0 radical (unpaired) electrons. The number of hydrogen-bond donors (Lipinski definition) is 3. The fraction of sp³-hybridized carbons (Fsp3) is 0.286. The van der Waals surface area contributed by atoms with Crippen molar-refractivity contribution < 1.29 is 4.79 Å². The number of benzene rings is 1. The molecule has 1 aromatic heterocycles. The van der Waals surface area contributed by atoms with Gasteiger partial charge in [-0.15, -0.1) is 0 Å². The first kappa shape index (κ1) is 12.5. The van der Waals surface area contributed by atoms with E-state index in [9.17, 15) is 4.79 Å². The predicted molar refractivity (Wildman–Crippen MR) is 77.5 cm³/mol. The molecular weight excluding hydrogens is 254 g/mol. The van der Waals surface area contributed by atoms with Crippen molar-refractivity contribution in [3.63, 3.8) is 0 Å². The quantitative estimate of drug-likeness (QED) is 0.777. The van der Waals surface area contributed by atoms with Gasteiger partial charge >= 0.3 is 0 Å². The van der Waals surface area contributed by atoms with Crippen LogP contribution in [0.3, 0.4) is 0 Å². The summed E-state index contributed by atoms with van der Waals surface area (Å²) in [7, 11) is 0. The lowest BCUT2D eigenvalue weighted by atomic mass is 10.2. The van der Waals surface area contributed by atoms with Crippen molar-refractivity contribution in [1.29, 1.82) is 0 Å². The van der Waals surface area contributed by atoms with Crippen molar-refractivity contribution in [2.24, 2.45) is 0 Å². The number of amides is 1. The van der Waals surface area contributed by atoms with Crippen molar-refractivity contribution >= 4 is 17.3 Å². The molecule has 104 valence electrons. The molecule has 4 N–H and O–H groups in total. The number of carbonyl (C=O) groups excluding carboxylic acids is 1. The van der Waals surface area contributed by atoms with E-state index < -0.39 is 0 Å². The van der Waals surface area contributed by atoms with E-state index in [1.54, 1.807) is 0 Å². The third-order valence-corrected chi connectivity index (χ3v) is 3.54. The summed E-state index contributed by atoms with van der Waals surface area (Å²) in [5.74, 6) is -0.195. The fourth-order valence-electron chi connectivity index (χ4n) is 2.49. The Morgan fingerprint density at radius 2 is 2.20 bits per heavy atom. The zero-order valence-corrected chi connectivity index (χ0v) is 11.0. The number of H-pyrrole nitrogens is 1. The number of aromatic amines is 1. The lowest BCUT2D eigenvalue weighted by Gasteiger charge is -2.18. The summed E-state index contributed by atoms with van der Waals surface area (Å²) in [4.78, 5) is 14.3. The standard InChI is InChI=1S/C14H17N5O/c15-12-8-16-18-13(12)14(20)17-10-6-7-19(9-10)11-4-2-1-3-5-11/h1-5,8,10H,6-7,9,15H2,(H,16,18)(H,17,20). The van der Waals surface area contributed by atoms with E-state index in [0.717, 1.165) is 19.5 Å². The molecule has 20 heavy (non-hydrogen) atoms. The predicted octanol–water partition coefficient (Wildman–Crippen LogP) is 1.00. The highest BCUT2D eigenvalue weighted by Gasteiger charge is 2.25. The first-order chi connectivity index (χ1) is 9.74. The van der Waals surface area contributed by atoms with E-state index in [-0.39, 0.29) is 11.9 Å². The molecule has 6 nitrogen and oxygen atoms in total. The average Bonchev–Trinajstić information content (AvgIpc) is 3.09. The first-order valence-corrected chi connectivity index (χ1v) is 6.64. The maximum absolute atomic E-state index is 12.0. The summed E-state index contributed by atoms with van der Waals surface area (Å²) in [6.07, 6.45) is 2.37. The second-order valence-electron chi connectivity index (χ2n) is 4.94. The Morgan fingerprint density at radius 1 is 1.40 bits per heavy atom. The highest BCUT2D eigenvalue weighted by molar-refractivity contribution is 5.97. The normalized spacial score (nSPS) is 18.2. The first-order valence-electron chi connectivity index (χ1n) is 6.64. The van der Waals surface area contributed by atoms with E-state index >= 15 is 0 Å². The molecule has 0 saturated carbocycles. The van der Waals surface area contributed by atoms with Gasteiger partial charge in [0.05, 0.1) is 11.9 Å². The van der Waals surface area contributed by atoms with E-state index in [4.69, 9.17) is 5.73 Å². The Kier molecular flexibility index (Phi) is 3.28. The number of carbonyl (C=O) groups is 1. The smallest absolute Gasteiger partial charge is 0.271 e. The number of para-hydroxylation sites is 1. The molecule has 0 aliphatic carbocycles. The number of nitrogens with zero attached hydrogens (tertiary/aromatic N) is 2. The Labute approximate surface area is 117 Å². The zero-order valence-electron chi connectivity index (χ0n) is 11.0. The third kappa shape index (κ3) is 2.45. The Morgan fingerprint density at radius 3 is 2.90 bits per heavy atom. The minimum Gasteiger partial charge on any atom is -0.396 e. The Bertz CT molecular complexity index is 595. The third-order valence-electron chi connectivity index (χ3n) is 3.54. The van der Waals surface area contributed by atoms with Crippen LogP contribution >= 0.6 is 0 Å². The van der Waals surface area contributed by atoms with E-state index in [0.29, 0.717) is 11.4 Å². The van der Waals surface area contributed by atoms with E-state index in [2.05, 4.69) is 32.5 Å². The van der Waals surface area contributed by atoms with Gasteiger partial charge in [-0.1, -0.05) is 18.2 Å². The monoisotopic (exact) mass is 271 g/mol. The fourth-order valence-corrected chi connectivity index (χ4v) is 2.49. The van der Waals surface area contributed by atoms with Crippen molar-refractivity contribution in [1.82, 2.24) is 15.5 Å². The van der Waals surface area contributed by atoms with Gasteiger partial charge in [0.15, 0.2) is 0 Å². The molecular formula is C14H17N5O. The van der Waals surface area contributed by atoms with Gasteiger partial charge in [0, 0.05) is 24.8 Å². The molecule has 1 amide bonds. The Hall–Kier alpha value is -2.50. The summed E-state index contributed by atoms with van der Waals surface area (Å²) < 4.78 is 0. The molecule has 1 aliphatic heterocycles. The van der Waals surface area contributed by atoms with Crippen LogP contribution in [0.15, 0.2) is 36.5 Å². The number of nitrogen functional groups attached to an aromatic ring is 1. The number of rotatable bonds is 3. The van der Waals surface area contributed by atoms with Crippen LogP contribution in [0.4, 0.5) is 11.4 Å². The number of anilines is 2. The lowest BCUT2D eigenvalue weighted by molar-refractivity contribution is 0.0936. The largest absolute Gasteiger partial charge is 0.396 e. The van der Waals surface area contributed by atoms with Crippen LogP contribution in [0.1, 0.15) is 16.9 Å². The molecule has 1 aliphatic rings. The lowest BCUT2D eigenvalue weighted by Crippen LogP contribution is -2.37. The van der Waals surface area contributed by atoms with E-state index in [1.807, 2.05) is 18.2 Å². The minimum atomic E-state index is -0.195. The topological polar surface area (TPSA) is 87.0 Å². The van der Waals surface area contributed by atoms with Gasteiger partial charge < -0.3 is 16.0 Å². The summed E-state index contributed by atoms with van der Waals surface area (Å²) >= 11 is 0. The van der Waals surface area contributed by atoms with Crippen LogP contribution in [0.25, 0.3) is 0 Å². The maximum Gasteiger partial charge on any atom is 0.271 e. The van der Waals surface area contributed by atoms with Gasteiger partial charge in [0.1, 0.15) is 5.69 Å². The van der Waals surface area contributed by atoms with Gasteiger partial charge in [0.2, 0.25) is 0 Å². The number of aromatic nitrogens is 2. The molecule has 1 unspecified atom stereocenters. The highest BCUT2D eigenvalue weighted by atomic mass is 16.2. The average molecular weight is 271 g/mol. The second kappa shape index (κ2) is 5.24. The molecule has 1 fully saturated rings. The van der Waals surface area contributed by atoms with Gasteiger partial charge in [-0.05, 0) is 18.6 Å². The minimum absolute atomic E-state index is 0.130. The molecule has 6 heteroatoms. The number of hydrogen-bond acceptors (Lipinski definition) is 4. The molecule has 2 heterocycles. The molecule has 0 bridgehead atoms. The van der Waals surface area contributed by atoms with Crippen molar-refractivity contribution in [2.45, 2.75) is 12.5 Å². The maximum atomic E-state index is 12.0. The van der Waals surface area contributed by atoms with Gasteiger partial charge in [0.25, 0.3) is 5.91 Å². The molecule has 3 rings (SSSR count). The summed E-state index contributed by atoms with van der Waals surface area (Å²) in [5, 5.41) is 9.37. The van der Waals surface area contributed by atoms with Crippen LogP contribution in [-0.4, -0.2) is 35.2 Å². The summed E-state index contributed by atoms with van der Waals surface area (Å²) in [6, 6.07) is 10.3. The highest BCUT2D eigenvalue weighted by Crippen LogP contribution is 2.20. The summed E-state index contributed by atoms with van der Waals surface area (Å²) in [5.41, 5.74) is 7.57. The summed E-state index contributed by atoms with van der Waals surface area (Å²) in [6.45, 7) is 1.75. The van der Waals surface area contributed by atoms with Crippen LogP contribution in [0, 0.1) is 0 Å². The molecule has 1 saturated heterocycles. The van der Waals surface area contributed by atoms with Crippen LogP contribution in [0.2, 0.25) is 0 Å². The van der Waals surface area contributed by atoms with Gasteiger partial charge in [-0.2, -0.15) is 5.10 Å². The van der Waals surface area contributed by atoms with Crippen molar-refractivity contribution in [2.75, 3.05) is 23.7 Å². The zero-order chi connectivity index (χ0) is 13.9. The molecule has 1 aromatic carbocycles. The number of nitrogens with one attached hydrogen (secondary N) is 2. The van der Waals surface area contributed by atoms with Gasteiger partial charge in [-0.3, -0.25) is 9.89 Å². The van der Waals surface area contributed by atoms with Crippen LogP contribution in [-0.2, 0) is 0 Å². The van der Waals surface area contributed by atoms with Crippen molar-refractivity contribution in [3.8, 4) is 0 Å². The number of nitrogens with two attached hydrogens (primary N) is 1. The second-order valence-corrected chi connectivity index (χ2v) is 4.94. The molecule has 1 atom stereocenters.